The maximum Gasteiger partial charge on any atom is 0.259 e. The summed E-state index contributed by atoms with van der Waals surface area (Å²) in [4.78, 5) is 31.2. The molecule has 5 rings (SSSR count). The number of carbonyl (C=O) groups is 2. The molecule has 1 aliphatic carbocycles. The lowest BCUT2D eigenvalue weighted by atomic mass is 10.0. The molecule has 160 valence electrons. The molecule has 1 saturated heterocycles. The van der Waals surface area contributed by atoms with Crippen LogP contribution in [0.5, 0.6) is 0 Å². The summed E-state index contributed by atoms with van der Waals surface area (Å²) in [6.07, 6.45) is 0.930. The molecule has 1 aromatic carbocycles. The molecular weight excluding hydrogens is 434 g/mol. The fourth-order valence-electron chi connectivity index (χ4n) is 4.27. The van der Waals surface area contributed by atoms with Crippen molar-refractivity contribution in [1.29, 1.82) is 0 Å². The zero-order chi connectivity index (χ0) is 21.5. The zero-order valence-electron chi connectivity index (χ0n) is 17.1. The minimum atomic E-state index is -0.136. The van der Waals surface area contributed by atoms with Crippen molar-refractivity contribution in [2.45, 2.75) is 19.3 Å². The molecule has 0 unspecified atom stereocenters. The summed E-state index contributed by atoms with van der Waals surface area (Å²) >= 11 is 8.04. The lowest BCUT2D eigenvalue weighted by molar-refractivity contribution is -0.134. The third-order valence-corrected chi connectivity index (χ3v) is 7.43. The Morgan fingerprint density at radius 2 is 1.84 bits per heavy atom. The molecule has 6 nitrogen and oxygen atoms in total. The summed E-state index contributed by atoms with van der Waals surface area (Å²) in [7, 11) is 0. The van der Waals surface area contributed by atoms with Gasteiger partial charge in [0, 0.05) is 48.5 Å². The topological polar surface area (TPSA) is 66.7 Å². The fourth-order valence-corrected chi connectivity index (χ4v) is 5.40. The van der Waals surface area contributed by atoms with Crippen LogP contribution in [0.4, 0.5) is 0 Å². The minimum absolute atomic E-state index is 0.0908. The van der Waals surface area contributed by atoms with E-state index in [4.69, 9.17) is 16.1 Å². The second-order valence-corrected chi connectivity index (χ2v) is 9.41. The van der Waals surface area contributed by atoms with Gasteiger partial charge in [-0.2, -0.15) is 0 Å². The molecule has 2 atom stereocenters. The van der Waals surface area contributed by atoms with E-state index >= 15 is 0 Å². The molecular formula is C23H22ClN3O3S. The maximum atomic E-state index is 13.3. The van der Waals surface area contributed by atoms with Gasteiger partial charge in [0.15, 0.2) is 0 Å². The second kappa shape index (κ2) is 8.13. The summed E-state index contributed by atoms with van der Waals surface area (Å²) in [6.45, 7) is 3.81. The number of carbonyl (C=O) groups excluding carboxylic acids is 2. The number of amides is 2. The number of aromatic nitrogens is 1. The number of hydrogen-bond donors (Lipinski definition) is 0. The molecule has 2 aliphatic rings. The summed E-state index contributed by atoms with van der Waals surface area (Å²) in [5.41, 5.74) is 1.57. The molecule has 3 aromatic rings. The number of nitrogens with zero attached hydrogens (tertiary/aromatic N) is 3. The maximum absolute atomic E-state index is 13.3. The molecule has 0 radical (unpaired) electrons. The van der Waals surface area contributed by atoms with Gasteiger partial charge in [-0.25, -0.2) is 0 Å². The molecule has 31 heavy (non-hydrogen) atoms. The summed E-state index contributed by atoms with van der Waals surface area (Å²) < 4.78 is 5.34. The highest BCUT2D eigenvalue weighted by Crippen LogP contribution is 2.50. The van der Waals surface area contributed by atoms with E-state index < -0.39 is 0 Å². The van der Waals surface area contributed by atoms with Crippen LogP contribution in [-0.2, 0) is 4.79 Å². The first-order valence-corrected chi connectivity index (χ1v) is 11.6. The average molecular weight is 456 g/mol. The van der Waals surface area contributed by atoms with E-state index in [1.165, 1.54) is 4.88 Å². The first-order chi connectivity index (χ1) is 15.0. The monoisotopic (exact) mass is 455 g/mol. The van der Waals surface area contributed by atoms with Gasteiger partial charge in [-0.1, -0.05) is 41.0 Å². The summed E-state index contributed by atoms with van der Waals surface area (Å²) in [6, 6.07) is 11.4. The Labute approximate surface area is 189 Å². The van der Waals surface area contributed by atoms with Crippen molar-refractivity contribution in [3.8, 4) is 11.3 Å². The highest BCUT2D eigenvalue weighted by Gasteiger charge is 2.46. The van der Waals surface area contributed by atoms with E-state index in [9.17, 15) is 9.59 Å². The van der Waals surface area contributed by atoms with Gasteiger partial charge >= 0.3 is 0 Å². The lowest BCUT2D eigenvalue weighted by Gasteiger charge is -2.35. The number of aryl methyl sites for hydroxylation is 1. The van der Waals surface area contributed by atoms with Gasteiger partial charge in [0.1, 0.15) is 17.0 Å². The minimum Gasteiger partial charge on any atom is -0.360 e. The van der Waals surface area contributed by atoms with Crippen LogP contribution in [0, 0.1) is 12.8 Å². The Morgan fingerprint density at radius 1 is 1.10 bits per heavy atom. The van der Waals surface area contributed by atoms with Crippen LogP contribution in [0.15, 0.2) is 46.3 Å². The Balaban J connectivity index is 1.26. The van der Waals surface area contributed by atoms with E-state index in [2.05, 4.69) is 16.6 Å². The van der Waals surface area contributed by atoms with Crippen molar-refractivity contribution in [3.63, 3.8) is 0 Å². The van der Waals surface area contributed by atoms with Crippen molar-refractivity contribution in [3.05, 3.63) is 63.0 Å². The number of benzene rings is 1. The van der Waals surface area contributed by atoms with Crippen LogP contribution in [0.1, 0.15) is 33.3 Å². The number of hydrogen-bond acceptors (Lipinski definition) is 5. The predicted molar refractivity (Wildman–Crippen MR) is 119 cm³/mol. The van der Waals surface area contributed by atoms with E-state index in [0.717, 1.165) is 6.42 Å². The van der Waals surface area contributed by atoms with Gasteiger partial charge in [0.25, 0.3) is 5.91 Å². The molecule has 0 bridgehead atoms. The van der Waals surface area contributed by atoms with Gasteiger partial charge in [-0.3, -0.25) is 9.59 Å². The standard InChI is InChI=1S/C23H22ClN3O3S/c1-14-20(21(25-30-14)15-5-2-3-6-18(15)24)23(29)27-10-8-26(9-11-27)22(28)17-13-16(17)19-7-4-12-31-19/h2-7,12,16-17H,8-11,13H2,1H3/t16-,17+/m0/s1. The predicted octanol–water partition coefficient (Wildman–Crippen LogP) is 4.45. The average Bonchev–Trinajstić information content (AvgIpc) is 3.20. The SMILES string of the molecule is Cc1onc(-c2ccccc2Cl)c1C(=O)N1CCN(C(=O)[C@@H]2C[C@@H]2c2cccs2)CC1. The number of rotatable bonds is 4. The number of piperazine rings is 1. The molecule has 0 N–H and O–H groups in total. The van der Waals surface area contributed by atoms with Gasteiger partial charge in [-0.15, -0.1) is 11.3 Å². The number of halogens is 1. The summed E-state index contributed by atoms with van der Waals surface area (Å²) in [5.74, 6) is 1.00. The molecule has 1 aliphatic heterocycles. The highest BCUT2D eigenvalue weighted by atomic mass is 35.5. The van der Waals surface area contributed by atoms with Crippen LogP contribution in [0.25, 0.3) is 11.3 Å². The summed E-state index contributed by atoms with van der Waals surface area (Å²) in [5, 5.41) is 6.68. The van der Waals surface area contributed by atoms with Crippen molar-refractivity contribution in [2.75, 3.05) is 26.2 Å². The third kappa shape index (κ3) is 3.77. The van der Waals surface area contributed by atoms with Crippen LogP contribution >= 0.6 is 22.9 Å². The highest BCUT2D eigenvalue weighted by molar-refractivity contribution is 7.10. The molecule has 2 amide bonds. The largest absolute Gasteiger partial charge is 0.360 e. The Morgan fingerprint density at radius 3 is 2.55 bits per heavy atom. The Bertz CT molecular complexity index is 1120. The quantitative estimate of drug-likeness (QED) is 0.582. The molecule has 8 heteroatoms. The smallest absolute Gasteiger partial charge is 0.259 e. The molecule has 3 heterocycles. The van der Waals surface area contributed by atoms with Gasteiger partial charge in [0.05, 0.1) is 5.02 Å². The molecule has 2 aromatic heterocycles. The fraction of sp³-hybridized carbons (Fsp3) is 0.348. The van der Waals surface area contributed by atoms with Crippen LogP contribution in [0.3, 0.4) is 0 Å². The molecule has 0 spiro atoms. The van der Waals surface area contributed by atoms with Crippen molar-refractivity contribution in [2.24, 2.45) is 5.92 Å². The van der Waals surface area contributed by atoms with Crippen molar-refractivity contribution < 1.29 is 14.1 Å². The van der Waals surface area contributed by atoms with Gasteiger partial charge in [-0.05, 0) is 30.9 Å². The van der Waals surface area contributed by atoms with Crippen molar-refractivity contribution >= 4 is 34.8 Å². The van der Waals surface area contributed by atoms with E-state index in [1.807, 2.05) is 29.2 Å². The molecule has 2 fully saturated rings. The Hall–Kier alpha value is -2.64. The van der Waals surface area contributed by atoms with Crippen LogP contribution in [-0.4, -0.2) is 52.9 Å². The van der Waals surface area contributed by atoms with Gasteiger partial charge in [0.2, 0.25) is 5.91 Å². The zero-order valence-corrected chi connectivity index (χ0v) is 18.7. The van der Waals surface area contributed by atoms with Crippen LogP contribution < -0.4 is 0 Å². The first-order valence-electron chi connectivity index (χ1n) is 10.4. The lowest BCUT2D eigenvalue weighted by Crippen LogP contribution is -2.51. The van der Waals surface area contributed by atoms with Crippen molar-refractivity contribution in [1.82, 2.24) is 15.0 Å². The first kappa shape index (κ1) is 20.3. The van der Waals surface area contributed by atoms with E-state index in [0.29, 0.717) is 59.7 Å². The Kier molecular flexibility index (Phi) is 5.32. The normalized spacial score (nSPS) is 20.7. The van der Waals surface area contributed by atoms with E-state index in [-0.39, 0.29) is 17.7 Å². The second-order valence-electron chi connectivity index (χ2n) is 8.02. The molecule has 1 saturated carbocycles. The van der Waals surface area contributed by atoms with Crippen LogP contribution in [0.2, 0.25) is 5.02 Å². The third-order valence-electron chi connectivity index (χ3n) is 6.10. The van der Waals surface area contributed by atoms with Gasteiger partial charge < -0.3 is 14.3 Å². The van der Waals surface area contributed by atoms with E-state index in [1.54, 1.807) is 29.2 Å². The number of thiophene rings is 1.